The molecule has 1 atom stereocenters. The van der Waals surface area contributed by atoms with Crippen molar-refractivity contribution >= 4 is 5.78 Å². The molecule has 0 N–H and O–H groups in total. The number of carbonyl (C=O) groups excluding carboxylic acids is 1. The molecule has 2 heteroatoms. The van der Waals surface area contributed by atoms with Crippen LogP contribution >= 0.6 is 0 Å². The van der Waals surface area contributed by atoms with Gasteiger partial charge in [0.05, 0.1) is 7.11 Å². The van der Waals surface area contributed by atoms with E-state index in [1.807, 2.05) is 34.6 Å². The second-order valence-electron chi connectivity index (χ2n) is 4.02. The van der Waals surface area contributed by atoms with Crippen LogP contribution in [0.15, 0.2) is 11.3 Å². The van der Waals surface area contributed by atoms with Gasteiger partial charge in [0.15, 0.2) is 5.78 Å². The zero-order valence-electron chi connectivity index (χ0n) is 10.2. The topological polar surface area (TPSA) is 26.3 Å². The maximum absolute atomic E-state index is 11.8. The van der Waals surface area contributed by atoms with Gasteiger partial charge in [-0.2, -0.15) is 0 Å². The van der Waals surface area contributed by atoms with E-state index in [0.717, 1.165) is 17.8 Å². The van der Waals surface area contributed by atoms with Gasteiger partial charge in [-0.25, -0.2) is 0 Å². The van der Waals surface area contributed by atoms with Crippen LogP contribution < -0.4 is 0 Å². The van der Waals surface area contributed by atoms with Crippen LogP contribution in [-0.4, -0.2) is 12.9 Å². The first-order chi connectivity index (χ1) is 6.45. The van der Waals surface area contributed by atoms with Gasteiger partial charge in [0, 0.05) is 17.4 Å². The van der Waals surface area contributed by atoms with Gasteiger partial charge in [-0.05, 0) is 13.3 Å². The molecule has 0 saturated heterocycles. The van der Waals surface area contributed by atoms with Crippen LogP contribution in [0, 0.1) is 11.8 Å². The Balaban J connectivity index is 4.86. The lowest BCUT2D eigenvalue weighted by Gasteiger charge is -2.15. The van der Waals surface area contributed by atoms with E-state index in [1.54, 1.807) is 7.11 Å². The van der Waals surface area contributed by atoms with Crippen molar-refractivity contribution in [3.63, 3.8) is 0 Å². The minimum atomic E-state index is 0.0962. The molecule has 0 aromatic rings. The second-order valence-corrected chi connectivity index (χ2v) is 4.02. The number of allylic oxidation sites excluding steroid dienone is 2. The molecule has 0 aliphatic rings. The molecular formula is C12H22O2. The summed E-state index contributed by atoms with van der Waals surface area (Å²) >= 11 is 0. The summed E-state index contributed by atoms with van der Waals surface area (Å²) in [6.07, 6.45) is 0.880. The third-order valence-corrected chi connectivity index (χ3v) is 2.54. The van der Waals surface area contributed by atoms with Crippen molar-refractivity contribution in [2.24, 2.45) is 11.8 Å². The highest BCUT2D eigenvalue weighted by atomic mass is 16.5. The predicted octanol–water partition coefficient (Wildman–Crippen LogP) is 3.18. The first-order valence-electron chi connectivity index (χ1n) is 5.24. The minimum absolute atomic E-state index is 0.0962. The first-order valence-corrected chi connectivity index (χ1v) is 5.24. The molecule has 0 spiro atoms. The molecule has 0 aliphatic heterocycles. The number of carbonyl (C=O) groups is 1. The van der Waals surface area contributed by atoms with E-state index in [2.05, 4.69) is 0 Å². The minimum Gasteiger partial charge on any atom is -0.500 e. The van der Waals surface area contributed by atoms with Crippen LogP contribution in [0.4, 0.5) is 0 Å². The van der Waals surface area contributed by atoms with Crippen molar-refractivity contribution < 1.29 is 9.53 Å². The molecule has 0 aromatic carbocycles. The highest BCUT2D eigenvalue weighted by Gasteiger charge is 2.18. The van der Waals surface area contributed by atoms with Gasteiger partial charge in [-0.1, -0.05) is 27.7 Å². The van der Waals surface area contributed by atoms with Gasteiger partial charge >= 0.3 is 0 Å². The fourth-order valence-electron chi connectivity index (χ4n) is 1.50. The lowest BCUT2D eigenvalue weighted by atomic mass is 9.95. The van der Waals surface area contributed by atoms with E-state index in [9.17, 15) is 4.79 Å². The van der Waals surface area contributed by atoms with Gasteiger partial charge in [0.2, 0.25) is 0 Å². The molecule has 0 aromatic heterocycles. The molecule has 0 amide bonds. The van der Waals surface area contributed by atoms with Gasteiger partial charge in [-0.3, -0.25) is 4.79 Å². The van der Waals surface area contributed by atoms with Crippen LogP contribution in [-0.2, 0) is 9.53 Å². The van der Waals surface area contributed by atoms with Crippen molar-refractivity contribution in [1.29, 1.82) is 0 Å². The average molecular weight is 198 g/mol. The number of ketones is 1. The van der Waals surface area contributed by atoms with Crippen LogP contribution in [0.2, 0.25) is 0 Å². The molecule has 14 heavy (non-hydrogen) atoms. The molecule has 0 saturated carbocycles. The number of ether oxygens (including phenoxy) is 1. The number of Topliss-reactive ketones (excluding diaryl/α,β-unsaturated/α-hetero) is 1. The maximum atomic E-state index is 11.8. The Hall–Kier alpha value is -0.790. The molecule has 0 bridgehead atoms. The Morgan fingerprint density at radius 3 is 2.07 bits per heavy atom. The molecule has 82 valence electrons. The molecular weight excluding hydrogens is 176 g/mol. The summed E-state index contributed by atoms with van der Waals surface area (Å²) in [7, 11) is 1.63. The van der Waals surface area contributed by atoms with Crippen LogP contribution in [0.25, 0.3) is 0 Å². The highest BCUT2D eigenvalue weighted by molar-refractivity contribution is 5.96. The third kappa shape index (κ3) is 3.17. The normalized spacial score (nSPS) is 15.1. The summed E-state index contributed by atoms with van der Waals surface area (Å²) in [6, 6.07) is 0. The summed E-state index contributed by atoms with van der Waals surface area (Å²) in [5.74, 6) is 1.39. The van der Waals surface area contributed by atoms with Crippen molar-refractivity contribution in [2.75, 3.05) is 7.11 Å². The summed E-state index contributed by atoms with van der Waals surface area (Å²) < 4.78 is 5.25. The summed E-state index contributed by atoms with van der Waals surface area (Å²) in [4.78, 5) is 11.8. The first kappa shape index (κ1) is 13.2. The van der Waals surface area contributed by atoms with Gasteiger partial charge in [0.25, 0.3) is 0 Å². The zero-order chi connectivity index (χ0) is 11.3. The van der Waals surface area contributed by atoms with Gasteiger partial charge < -0.3 is 4.74 Å². The quantitative estimate of drug-likeness (QED) is 0.501. The van der Waals surface area contributed by atoms with E-state index >= 15 is 0 Å². The smallest absolute Gasteiger partial charge is 0.164 e. The fourth-order valence-corrected chi connectivity index (χ4v) is 1.50. The summed E-state index contributed by atoms with van der Waals surface area (Å²) in [6.45, 7) is 9.91. The summed E-state index contributed by atoms with van der Waals surface area (Å²) in [5.41, 5.74) is 0.775. The second kappa shape index (κ2) is 5.84. The molecule has 1 unspecified atom stereocenters. The van der Waals surface area contributed by atoms with Crippen LogP contribution in [0.5, 0.6) is 0 Å². The molecule has 0 rings (SSSR count). The van der Waals surface area contributed by atoms with Crippen LogP contribution in [0.1, 0.15) is 41.0 Å². The van der Waals surface area contributed by atoms with Gasteiger partial charge in [-0.15, -0.1) is 0 Å². The highest BCUT2D eigenvalue weighted by Crippen LogP contribution is 2.19. The van der Waals surface area contributed by atoms with E-state index < -0.39 is 0 Å². The van der Waals surface area contributed by atoms with E-state index in [0.29, 0.717) is 0 Å². The molecule has 0 aliphatic carbocycles. The van der Waals surface area contributed by atoms with E-state index in [-0.39, 0.29) is 17.6 Å². The molecule has 0 heterocycles. The number of hydrogen-bond acceptors (Lipinski definition) is 2. The maximum Gasteiger partial charge on any atom is 0.164 e. The number of hydrogen-bond donors (Lipinski definition) is 0. The Morgan fingerprint density at radius 2 is 1.79 bits per heavy atom. The Labute approximate surface area is 87.3 Å². The standard InChI is InChI=1S/C12H22O2/c1-7-9(4)11(13)10(5)12(14-6)8(2)3/h8-9H,7H2,1-6H3/b12-10-. The lowest BCUT2D eigenvalue weighted by molar-refractivity contribution is -0.119. The lowest BCUT2D eigenvalue weighted by Crippen LogP contribution is -2.15. The van der Waals surface area contributed by atoms with Gasteiger partial charge in [0.1, 0.15) is 5.76 Å². The SMILES string of the molecule is CCC(C)C(=O)/C(C)=C(\OC)C(C)C. The van der Waals surface area contributed by atoms with E-state index in [1.165, 1.54) is 0 Å². The number of rotatable bonds is 5. The Kier molecular flexibility index (Phi) is 5.51. The zero-order valence-corrected chi connectivity index (χ0v) is 10.2. The third-order valence-electron chi connectivity index (χ3n) is 2.54. The fraction of sp³-hybridized carbons (Fsp3) is 0.750. The largest absolute Gasteiger partial charge is 0.500 e. The predicted molar refractivity (Wildman–Crippen MR) is 59.0 cm³/mol. The molecule has 0 fully saturated rings. The van der Waals surface area contributed by atoms with E-state index in [4.69, 9.17) is 4.74 Å². The van der Waals surface area contributed by atoms with Crippen molar-refractivity contribution in [3.05, 3.63) is 11.3 Å². The van der Waals surface area contributed by atoms with Crippen molar-refractivity contribution in [3.8, 4) is 0 Å². The number of methoxy groups -OCH3 is 1. The Morgan fingerprint density at radius 1 is 1.29 bits per heavy atom. The van der Waals surface area contributed by atoms with Crippen molar-refractivity contribution in [1.82, 2.24) is 0 Å². The Bertz CT molecular complexity index is 226. The molecule has 2 nitrogen and oxygen atoms in total. The monoisotopic (exact) mass is 198 g/mol. The van der Waals surface area contributed by atoms with Crippen molar-refractivity contribution in [2.45, 2.75) is 41.0 Å². The average Bonchev–Trinajstić information content (AvgIpc) is 2.15. The van der Waals surface area contributed by atoms with Crippen LogP contribution in [0.3, 0.4) is 0 Å². The molecule has 0 radical (unpaired) electrons. The summed E-state index contributed by atoms with van der Waals surface area (Å²) in [5, 5.41) is 0.